The Bertz CT molecular complexity index is 1080. The van der Waals surface area contributed by atoms with Gasteiger partial charge in [-0.05, 0) is 50.6 Å². The van der Waals surface area contributed by atoms with Gasteiger partial charge in [0.05, 0.1) is 21.7 Å². The van der Waals surface area contributed by atoms with Crippen molar-refractivity contribution in [3.8, 4) is 0 Å². The first-order valence-corrected chi connectivity index (χ1v) is 10.7. The normalized spacial score (nSPS) is 12.8. The topological polar surface area (TPSA) is 60.7 Å². The number of benzene rings is 2. The minimum atomic E-state index is -3.77. The molecule has 0 spiro atoms. The number of sulfonamides is 1. The van der Waals surface area contributed by atoms with E-state index in [2.05, 4.69) is 10.5 Å². The van der Waals surface area contributed by atoms with Crippen LogP contribution < -0.4 is 4.80 Å². The van der Waals surface area contributed by atoms with Crippen LogP contribution in [0.15, 0.2) is 51.8 Å². The number of hydrogen-bond acceptors (Lipinski definition) is 4. The molecule has 0 fully saturated rings. The Labute approximate surface area is 157 Å². The molecule has 2 aromatic carbocycles. The Morgan fingerprint density at radius 1 is 1.08 bits per heavy atom. The molecular formula is C19H22N2O3S2. The van der Waals surface area contributed by atoms with Crippen LogP contribution in [0.1, 0.15) is 18.1 Å². The molecule has 3 aromatic rings. The molecule has 0 aliphatic rings. The third kappa shape index (κ3) is 4.06. The molecule has 0 aliphatic heterocycles. The molecule has 0 aliphatic carbocycles. The third-order valence-electron chi connectivity index (χ3n) is 4.02. The summed E-state index contributed by atoms with van der Waals surface area (Å²) in [6.07, 6.45) is 0. The zero-order chi connectivity index (χ0) is 18.7. The molecule has 0 N–H and O–H groups in total. The average Bonchev–Trinajstić information content (AvgIpc) is 2.91. The van der Waals surface area contributed by atoms with Gasteiger partial charge in [-0.15, -0.1) is 4.40 Å². The molecule has 0 atom stereocenters. The van der Waals surface area contributed by atoms with Gasteiger partial charge in [0.1, 0.15) is 0 Å². The van der Waals surface area contributed by atoms with E-state index in [9.17, 15) is 8.42 Å². The lowest BCUT2D eigenvalue weighted by Gasteiger charge is -2.06. The zero-order valence-corrected chi connectivity index (χ0v) is 16.7. The molecule has 0 unspecified atom stereocenters. The van der Waals surface area contributed by atoms with E-state index in [1.54, 1.807) is 24.3 Å². The van der Waals surface area contributed by atoms with Gasteiger partial charge in [-0.25, -0.2) is 0 Å². The lowest BCUT2D eigenvalue weighted by molar-refractivity contribution is 0.139. The first-order valence-electron chi connectivity index (χ1n) is 8.46. The highest BCUT2D eigenvalue weighted by molar-refractivity contribution is 7.90. The van der Waals surface area contributed by atoms with Crippen LogP contribution in [0.5, 0.6) is 0 Å². The van der Waals surface area contributed by atoms with Gasteiger partial charge in [0.25, 0.3) is 10.0 Å². The standard InChI is InChI=1S/C19H22N2O3S2/c1-4-24-12-11-21-17-10-7-15(3)13-18(17)25-19(21)20-26(22,23)16-8-5-14(2)6-9-16/h5-10,13H,4,11-12H2,1-3H3. The predicted octanol–water partition coefficient (Wildman–Crippen LogP) is 3.65. The lowest BCUT2D eigenvalue weighted by atomic mass is 10.2. The van der Waals surface area contributed by atoms with Crippen LogP contribution in [0.3, 0.4) is 0 Å². The molecule has 138 valence electrons. The second-order valence-corrected chi connectivity index (χ2v) is 8.70. The fourth-order valence-corrected chi connectivity index (χ4v) is 4.99. The van der Waals surface area contributed by atoms with Crippen LogP contribution in [0.4, 0.5) is 0 Å². The second kappa shape index (κ2) is 7.73. The van der Waals surface area contributed by atoms with E-state index in [1.165, 1.54) is 11.3 Å². The number of fused-ring (bicyclic) bond motifs is 1. The van der Waals surface area contributed by atoms with E-state index in [1.807, 2.05) is 37.5 Å². The maximum absolute atomic E-state index is 12.7. The highest BCUT2D eigenvalue weighted by atomic mass is 32.2. The molecule has 0 amide bonds. The second-order valence-electron chi connectivity index (χ2n) is 6.08. The maximum atomic E-state index is 12.7. The van der Waals surface area contributed by atoms with Gasteiger partial charge in [-0.1, -0.05) is 35.1 Å². The maximum Gasteiger partial charge on any atom is 0.285 e. The highest BCUT2D eigenvalue weighted by Gasteiger charge is 2.14. The van der Waals surface area contributed by atoms with Gasteiger partial charge in [-0.2, -0.15) is 8.42 Å². The summed E-state index contributed by atoms with van der Waals surface area (Å²) in [5.41, 5.74) is 3.11. The smallest absolute Gasteiger partial charge is 0.285 e. The van der Waals surface area contributed by atoms with Gasteiger partial charge in [-0.3, -0.25) is 0 Å². The van der Waals surface area contributed by atoms with Crippen LogP contribution in [0.25, 0.3) is 10.2 Å². The molecule has 5 nitrogen and oxygen atoms in total. The summed E-state index contributed by atoms with van der Waals surface area (Å²) in [4.78, 5) is 0.666. The molecule has 0 radical (unpaired) electrons. The number of aromatic nitrogens is 1. The number of ether oxygens (including phenoxy) is 1. The molecule has 0 saturated heterocycles. The Balaban J connectivity index is 2.14. The number of thiazole rings is 1. The monoisotopic (exact) mass is 390 g/mol. The van der Waals surface area contributed by atoms with E-state index in [4.69, 9.17) is 4.74 Å². The van der Waals surface area contributed by atoms with Gasteiger partial charge < -0.3 is 9.30 Å². The van der Waals surface area contributed by atoms with E-state index >= 15 is 0 Å². The van der Waals surface area contributed by atoms with Crippen molar-refractivity contribution in [3.63, 3.8) is 0 Å². The number of aryl methyl sites for hydroxylation is 2. The molecule has 1 heterocycles. The van der Waals surface area contributed by atoms with Gasteiger partial charge in [0, 0.05) is 13.2 Å². The minimum Gasteiger partial charge on any atom is -0.380 e. The molecule has 3 rings (SSSR count). The molecule has 26 heavy (non-hydrogen) atoms. The largest absolute Gasteiger partial charge is 0.380 e. The first-order chi connectivity index (χ1) is 12.4. The average molecular weight is 391 g/mol. The molecule has 1 aromatic heterocycles. The number of rotatable bonds is 6. The molecular weight excluding hydrogens is 368 g/mol. The Hall–Kier alpha value is -1.96. The summed E-state index contributed by atoms with van der Waals surface area (Å²) in [7, 11) is -3.77. The van der Waals surface area contributed by atoms with Crippen LogP contribution >= 0.6 is 11.3 Å². The van der Waals surface area contributed by atoms with Crippen molar-refractivity contribution in [2.45, 2.75) is 32.2 Å². The fraction of sp³-hybridized carbons (Fsp3) is 0.316. The van der Waals surface area contributed by atoms with Crippen LogP contribution in [0, 0.1) is 13.8 Å². The van der Waals surface area contributed by atoms with E-state index < -0.39 is 10.0 Å². The summed E-state index contributed by atoms with van der Waals surface area (Å²) >= 11 is 1.38. The van der Waals surface area contributed by atoms with Crippen molar-refractivity contribution in [2.75, 3.05) is 13.2 Å². The van der Waals surface area contributed by atoms with Gasteiger partial charge >= 0.3 is 0 Å². The Kier molecular flexibility index (Phi) is 5.60. The Morgan fingerprint density at radius 3 is 2.46 bits per heavy atom. The third-order valence-corrected chi connectivity index (χ3v) is 6.46. The van der Waals surface area contributed by atoms with Crippen molar-refractivity contribution < 1.29 is 13.2 Å². The quantitative estimate of drug-likeness (QED) is 0.604. The molecule has 0 bridgehead atoms. The zero-order valence-electron chi connectivity index (χ0n) is 15.1. The first kappa shape index (κ1) is 18.8. The summed E-state index contributed by atoms with van der Waals surface area (Å²) in [5.74, 6) is 0. The molecule has 0 saturated carbocycles. The summed E-state index contributed by atoms with van der Waals surface area (Å²) < 4.78 is 38.0. The van der Waals surface area contributed by atoms with Crippen molar-refractivity contribution in [3.05, 3.63) is 58.4 Å². The van der Waals surface area contributed by atoms with Crippen molar-refractivity contribution in [2.24, 2.45) is 4.40 Å². The van der Waals surface area contributed by atoms with Crippen LogP contribution in [0.2, 0.25) is 0 Å². The fourth-order valence-electron chi connectivity index (χ4n) is 2.63. The van der Waals surface area contributed by atoms with E-state index in [0.717, 1.165) is 21.3 Å². The number of nitrogens with zero attached hydrogens (tertiary/aromatic N) is 2. The minimum absolute atomic E-state index is 0.202. The van der Waals surface area contributed by atoms with E-state index in [0.29, 0.717) is 24.6 Å². The van der Waals surface area contributed by atoms with Crippen molar-refractivity contribution in [1.82, 2.24) is 4.57 Å². The van der Waals surface area contributed by atoms with Gasteiger partial charge in [0.2, 0.25) is 4.80 Å². The summed E-state index contributed by atoms with van der Waals surface area (Å²) in [6.45, 7) is 7.56. The van der Waals surface area contributed by atoms with Crippen LogP contribution in [-0.4, -0.2) is 26.2 Å². The van der Waals surface area contributed by atoms with E-state index in [-0.39, 0.29) is 4.90 Å². The van der Waals surface area contributed by atoms with Crippen molar-refractivity contribution >= 4 is 31.6 Å². The van der Waals surface area contributed by atoms with Crippen molar-refractivity contribution in [1.29, 1.82) is 0 Å². The summed E-state index contributed by atoms with van der Waals surface area (Å²) in [6, 6.07) is 12.8. The summed E-state index contributed by atoms with van der Waals surface area (Å²) in [5, 5.41) is 0. The van der Waals surface area contributed by atoms with Crippen LogP contribution in [-0.2, 0) is 21.3 Å². The predicted molar refractivity (Wildman–Crippen MR) is 105 cm³/mol. The number of hydrogen-bond donors (Lipinski definition) is 0. The highest BCUT2D eigenvalue weighted by Crippen LogP contribution is 2.20. The SMILES string of the molecule is CCOCCn1c(=NS(=O)(=O)c2ccc(C)cc2)sc2cc(C)ccc21. The lowest BCUT2D eigenvalue weighted by Crippen LogP contribution is -2.19. The Morgan fingerprint density at radius 2 is 1.77 bits per heavy atom. The molecule has 7 heteroatoms. The van der Waals surface area contributed by atoms with Gasteiger partial charge in [0.15, 0.2) is 0 Å².